The van der Waals surface area contributed by atoms with Crippen LogP contribution in [-0.2, 0) is 10.3 Å². The molecule has 1 atom stereocenters. The van der Waals surface area contributed by atoms with Gasteiger partial charge >= 0.3 is 6.03 Å². The summed E-state index contributed by atoms with van der Waals surface area (Å²) >= 11 is 0. The fourth-order valence-corrected chi connectivity index (χ4v) is 3.94. The van der Waals surface area contributed by atoms with Gasteiger partial charge in [0, 0.05) is 13.1 Å². The van der Waals surface area contributed by atoms with Crippen LogP contribution in [0.2, 0.25) is 0 Å². The topological polar surface area (TPSA) is 60.0 Å². The van der Waals surface area contributed by atoms with Gasteiger partial charge in [-0.05, 0) is 57.2 Å². The molecule has 1 aromatic carbocycles. The molecule has 2 amide bonds. The van der Waals surface area contributed by atoms with Gasteiger partial charge in [0.15, 0.2) is 11.5 Å². The van der Waals surface area contributed by atoms with Crippen LogP contribution in [0.15, 0.2) is 18.2 Å². The van der Waals surface area contributed by atoms with E-state index in [0.717, 1.165) is 29.9 Å². The Kier molecular flexibility index (Phi) is 6.47. The summed E-state index contributed by atoms with van der Waals surface area (Å²) in [5.41, 5.74) is 0.434. The van der Waals surface area contributed by atoms with Gasteiger partial charge in [0.1, 0.15) is 5.60 Å². The zero-order valence-electron chi connectivity index (χ0n) is 16.8. The van der Waals surface area contributed by atoms with Gasteiger partial charge in [-0.1, -0.05) is 12.5 Å². The van der Waals surface area contributed by atoms with Crippen molar-refractivity contribution >= 4 is 6.03 Å². The number of nitrogens with one attached hydrogen (secondary N) is 1. The van der Waals surface area contributed by atoms with Crippen LogP contribution in [-0.4, -0.2) is 50.4 Å². The van der Waals surface area contributed by atoms with Crippen molar-refractivity contribution < 1.29 is 19.0 Å². The maximum Gasteiger partial charge on any atom is 0.317 e. The highest BCUT2D eigenvalue weighted by molar-refractivity contribution is 5.74. The van der Waals surface area contributed by atoms with Gasteiger partial charge in [-0.15, -0.1) is 0 Å². The minimum atomic E-state index is -0.569. The average Bonchev–Trinajstić information content (AvgIpc) is 2.69. The monoisotopic (exact) mass is 376 g/mol. The molecule has 1 saturated heterocycles. The highest BCUT2D eigenvalue weighted by Gasteiger charge is 2.36. The second-order valence-corrected chi connectivity index (χ2v) is 7.58. The number of hydrogen-bond donors (Lipinski definition) is 1. The molecule has 1 aliphatic carbocycles. The second-order valence-electron chi connectivity index (χ2n) is 7.58. The van der Waals surface area contributed by atoms with Crippen LogP contribution < -0.4 is 14.8 Å². The van der Waals surface area contributed by atoms with Crippen molar-refractivity contribution in [2.75, 3.05) is 33.4 Å². The van der Waals surface area contributed by atoms with E-state index in [1.807, 2.05) is 36.9 Å². The van der Waals surface area contributed by atoms with Gasteiger partial charge in [0.2, 0.25) is 0 Å². The third-order valence-electron chi connectivity index (χ3n) is 5.51. The van der Waals surface area contributed by atoms with E-state index in [1.54, 1.807) is 7.11 Å². The maximum atomic E-state index is 12.3. The number of urea groups is 1. The van der Waals surface area contributed by atoms with E-state index in [2.05, 4.69) is 5.32 Å². The summed E-state index contributed by atoms with van der Waals surface area (Å²) < 4.78 is 17.9. The van der Waals surface area contributed by atoms with Crippen molar-refractivity contribution in [1.29, 1.82) is 0 Å². The number of carbonyl (C=O) groups excluding carboxylic acids is 1. The number of hydrogen-bond acceptors (Lipinski definition) is 4. The number of benzene rings is 1. The highest BCUT2D eigenvalue weighted by Crippen LogP contribution is 2.37. The van der Waals surface area contributed by atoms with E-state index in [-0.39, 0.29) is 12.1 Å². The van der Waals surface area contributed by atoms with Gasteiger partial charge in [0.25, 0.3) is 0 Å². The molecule has 27 heavy (non-hydrogen) atoms. The molecule has 1 aliphatic heterocycles. The molecular weight excluding hydrogens is 344 g/mol. The van der Waals surface area contributed by atoms with E-state index in [1.165, 1.54) is 19.3 Å². The minimum Gasteiger partial charge on any atom is -0.493 e. The van der Waals surface area contributed by atoms with Crippen molar-refractivity contribution in [3.63, 3.8) is 0 Å². The second kappa shape index (κ2) is 8.83. The molecule has 6 heteroatoms. The number of rotatable bonds is 5. The fraction of sp³-hybridized carbons (Fsp3) is 0.667. The third kappa shape index (κ3) is 4.67. The molecule has 2 fully saturated rings. The molecule has 2 aliphatic rings. The number of morpholine rings is 1. The van der Waals surface area contributed by atoms with Gasteiger partial charge in [-0.3, -0.25) is 0 Å². The molecule has 1 heterocycles. The predicted molar refractivity (Wildman–Crippen MR) is 104 cm³/mol. The molecule has 1 N–H and O–H groups in total. The summed E-state index contributed by atoms with van der Waals surface area (Å²) in [6.45, 7) is 6.20. The highest BCUT2D eigenvalue weighted by atomic mass is 16.5. The van der Waals surface area contributed by atoms with E-state index >= 15 is 0 Å². The van der Waals surface area contributed by atoms with Gasteiger partial charge in [0.05, 0.1) is 26.4 Å². The smallest absolute Gasteiger partial charge is 0.317 e. The maximum absolute atomic E-state index is 12.3. The zero-order valence-corrected chi connectivity index (χ0v) is 16.8. The Morgan fingerprint density at radius 1 is 1.30 bits per heavy atom. The molecule has 0 aromatic heterocycles. The quantitative estimate of drug-likeness (QED) is 0.852. The zero-order chi connectivity index (χ0) is 19.3. The van der Waals surface area contributed by atoms with Gasteiger partial charge in [-0.25, -0.2) is 4.79 Å². The number of methoxy groups -OCH3 is 1. The number of nitrogens with zero attached hydrogens (tertiary/aromatic N) is 1. The summed E-state index contributed by atoms with van der Waals surface area (Å²) in [6, 6.07) is 5.93. The lowest BCUT2D eigenvalue weighted by Gasteiger charge is -2.41. The van der Waals surface area contributed by atoms with E-state index < -0.39 is 5.60 Å². The van der Waals surface area contributed by atoms with Crippen LogP contribution in [0.25, 0.3) is 0 Å². The summed E-state index contributed by atoms with van der Waals surface area (Å²) in [7, 11) is 1.67. The summed E-state index contributed by atoms with van der Waals surface area (Å²) in [6.07, 6.45) is 6.15. The Morgan fingerprint density at radius 3 is 2.78 bits per heavy atom. The third-order valence-corrected chi connectivity index (χ3v) is 5.51. The van der Waals surface area contributed by atoms with Gasteiger partial charge < -0.3 is 24.4 Å². The Bertz CT molecular complexity index is 645. The molecule has 1 saturated carbocycles. The number of ether oxygens (including phenoxy) is 3. The van der Waals surface area contributed by atoms with Crippen molar-refractivity contribution in [3.05, 3.63) is 23.8 Å². The first kappa shape index (κ1) is 19.8. The predicted octanol–water partition coefficient (Wildman–Crippen LogP) is 3.68. The van der Waals surface area contributed by atoms with Crippen molar-refractivity contribution in [1.82, 2.24) is 10.2 Å². The normalized spacial score (nSPS) is 23.7. The van der Waals surface area contributed by atoms with Crippen LogP contribution in [0.5, 0.6) is 11.5 Å². The molecule has 1 unspecified atom stereocenters. The standard InChI is InChI=1S/C21H32N2O4/c1-4-22-20(24)23-12-13-26-21(2,15-23)16-10-11-18(25-3)19(14-16)27-17-8-6-5-7-9-17/h10-11,14,17H,4-9,12-13,15H2,1-3H3,(H,22,24). The summed E-state index contributed by atoms with van der Waals surface area (Å²) in [4.78, 5) is 14.1. The molecule has 150 valence electrons. The first-order chi connectivity index (χ1) is 13.1. The Morgan fingerprint density at radius 2 is 2.07 bits per heavy atom. The lowest BCUT2D eigenvalue weighted by molar-refractivity contribution is -0.0907. The number of carbonyl (C=O) groups is 1. The van der Waals surface area contributed by atoms with Crippen LogP contribution in [0.1, 0.15) is 51.5 Å². The SMILES string of the molecule is CCNC(=O)N1CCOC(C)(c2ccc(OC)c(OC3CCCCC3)c2)C1. The first-order valence-electron chi connectivity index (χ1n) is 10.1. The first-order valence-corrected chi connectivity index (χ1v) is 10.1. The van der Waals surface area contributed by atoms with Crippen molar-refractivity contribution in [3.8, 4) is 11.5 Å². The van der Waals surface area contributed by atoms with Crippen LogP contribution in [0.4, 0.5) is 4.79 Å². The fourth-order valence-electron chi connectivity index (χ4n) is 3.94. The summed E-state index contributed by atoms with van der Waals surface area (Å²) in [5.74, 6) is 1.51. The molecule has 0 radical (unpaired) electrons. The van der Waals surface area contributed by atoms with Crippen molar-refractivity contribution in [2.24, 2.45) is 0 Å². The molecule has 6 nitrogen and oxygen atoms in total. The molecule has 3 rings (SSSR count). The Balaban J connectivity index is 1.80. The number of amides is 2. The van der Waals surface area contributed by atoms with E-state index in [4.69, 9.17) is 14.2 Å². The summed E-state index contributed by atoms with van der Waals surface area (Å²) in [5, 5.41) is 2.88. The van der Waals surface area contributed by atoms with E-state index in [9.17, 15) is 4.79 Å². The minimum absolute atomic E-state index is 0.0424. The Labute approximate surface area is 162 Å². The van der Waals surface area contributed by atoms with E-state index in [0.29, 0.717) is 26.2 Å². The largest absolute Gasteiger partial charge is 0.493 e. The lowest BCUT2D eigenvalue weighted by atomic mass is 9.93. The Hall–Kier alpha value is -1.95. The lowest BCUT2D eigenvalue weighted by Crippen LogP contribution is -2.53. The molecule has 0 spiro atoms. The van der Waals surface area contributed by atoms with Crippen LogP contribution in [0.3, 0.4) is 0 Å². The molecule has 0 bridgehead atoms. The van der Waals surface area contributed by atoms with Gasteiger partial charge in [-0.2, -0.15) is 0 Å². The van der Waals surface area contributed by atoms with Crippen LogP contribution >= 0.6 is 0 Å². The van der Waals surface area contributed by atoms with Crippen molar-refractivity contribution in [2.45, 2.75) is 57.7 Å². The molecule has 1 aromatic rings. The van der Waals surface area contributed by atoms with Crippen LogP contribution in [0, 0.1) is 0 Å². The average molecular weight is 376 g/mol. The molecular formula is C21H32N2O4.